The van der Waals surface area contributed by atoms with Crippen molar-refractivity contribution in [1.82, 2.24) is 24.7 Å². The molecule has 2 aromatic heterocycles. The second kappa shape index (κ2) is 4.41. The number of aromatic nitrogens is 5. The SMILES string of the molecule is Cc1nn(-c2nc(N)nc(N(C)C)n2)c(C)c1Cl. The molecule has 96 valence electrons. The van der Waals surface area contributed by atoms with Gasteiger partial charge in [0.2, 0.25) is 11.9 Å². The second-order valence-electron chi connectivity index (χ2n) is 4.08. The number of rotatable bonds is 2. The summed E-state index contributed by atoms with van der Waals surface area (Å²) in [5.74, 6) is 0.979. The van der Waals surface area contributed by atoms with Crippen LogP contribution < -0.4 is 10.6 Å². The van der Waals surface area contributed by atoms with Crippen molar-refractivity contribution < 1.29 is 0 Å². The Labute approximate surface area is 110 Å². The van der Waals surface area contributed by atoms with E-state index in [0.29, 0.717) is 16.9 Å². The minimum atomic E-state index is 0.146. The molecule has 0 aliphatic rings. The van der Waals surface area contributed by atoms with Crippen molar-refractivity contribution in [2.24, 2.45) is 0 Å². The molecule has 0 bridgehead atoms. The first-order valence-electron chi connectivity index (χ1n) is 5.31. The predicted octanol–water partition coefficient (Wildman–Crippen LogP) is 0.976. The van der Waals surface area contributed by atoms with Gasteiger partial charge in [-0.1, -0.05) is 11.6 Å². The third kappa shape index (κ3) is 2.08. The Kier molecular flexibility index (Phi) is 3.08. The smallest absolute Gasteiger partial charge is 0.257 e. The average Bonchev–Trinajstić information content (AvgIpc) is 2.56. The molecule has 0 saturated carbocycles. The van der Waals surface area contributed by atoms with Gasteiger partial charge in [0.1, 0.15) is 0 Å². The highest BCUT2D eigenvalue weighted by Gasteiger charge is 2.15. The molecule has 0 unspecified atom stereocenters. The molecule has 2 aromatic rings. The number of anilines is 2. The lowest BCUT2D eigenvalue weighted by Gasteiger charge is -2.11. The van der Waals surface area contributed by atoms with E-state index in [1.165, 1.54) is 0 Å². The van der Waals surface area contributed by atoms with Crippen molar-refractivity contribution in [2.45, 2.75) is 13.8 Å². The van der Waals surface area contributed by atoms with E-state index in [-0.39, 0.29) is 5.95 Å². The highest BCUT2D eigenvalue weighted by atomic mass is 35.5. The van der Waals surface area contributed by atoms with E-state index in [9.17, 15) is 0 Å². The zero-order valence-electron chi connectivity index (χ0n) is 10.6. The largest absolute Gasteiger partial charge is 0.368 e. The average molecular weight is 268 g/mol. The fraction of sp³-hybridized carbons (Fsp3) is 0.400. The highest BCUT2D eigenvalue weighted by Crippen LogP contribution is 2.21. The third-order valence-corrected chi connectivity index (χ3v) is 2.97. The Hall–Kier alpha value is -1.89. The number of nitrogens with zero attached hydrogens (tertiary/aromatic N) is 6. The summed E-state index contributed by atoms with van der Waals surface area (Å²) in [6, 6.07) is 0. The Morgan fingerprint density at radius 3 is 2.33 bits per heavy atom. The minimum Gasteiger partial charge on any atom is -0.368 e. The Balaban J connectivity index is 2.60. The molecule has 2 heterocycles. The maximum absolute atomic E-state index is 6.09. The van der Waals surface area contributed by atoms with Gasteiger partial charge in [-0.25, -0.2) is 4.68 Å². The van der Waals surface area contributed by atoms with Crippen LogP contribution in [0.2, 0.25) is 5.02 Å². The quantitative estimate of drug-likeness (QED) is 0.873. The van der Waals surface area contributed by atoms with Gasteiger partial charge in [-0.15, -0.1) is 0 Å². The van der Waals surface area contributed by atoms with E-state index >= 15 is 0 Å². The predicted molar refractivity (Wildman–Crippen MR) is 70.2 cm³/mol. The zero-order valence-corrected chi connectivity index (χ0v) is 11.4. The van der Waals surface area contributed by atoms with Crippen LogP contribution in [0.25, 0.3) is 5.95 Å². The molecule has 0 fully saturated rings. The van der Waals surface area contributed by atoms with Crippen molar-refractivity contribution in [3.63, 3.8) is 0 Å². The summed E-state index contributed by atoms with van der Waals surface area (Å²) in [5, 5.41) is 4.88. The maximum atomic E-state index is 6.09. The lowest BCUT2D eigenvalue weighted by molar-refractivity contribution is 0.762. The van der Waals surface area contributed by atoms with Crippen LogP contribution >= 0.6 is 11.6 Å². The number of hydrogen-bond acceptors (Lipinski definition) is 6. The van der Waals surface area contributed by atoms with Gasteiger partial charge < -0.3 is 10.6 Å². The molecule has 2 rings (SSSR count). The summed E-state index contributed by atoms with van der Waals surface area (Å²) in [7, 11) is 3.65. The Morgan fingerprint density at radius 2 is 1.83 bits per heavy atom. The summed E-state index contributed by atoms with van der Waals surface area (Å²) >= 11 is 6.09. The summed E-state index contributed by atoms with van der Waals surface area (Å²) in [5.41, 5.74) is 7.16. The van der Waals surface area contributed by atoms with Gasteiger partial charge in [-0.3, -0.25) is 0 Å². The van der Waals surface area contributed by atoms with Crippen LogP contribution in [0.5, 0.6) is 0 Å². The van der Waals surface area contributed by atoms with Crippen LogP contribution in [0.3, 0.4) is 0 Å². The first kappa shape index (κ1) is 12.6. The monoisotopic (exact) mass is 267 g/mol. The number of aryl methyl sites for hydroxylation is 1. The first-order chi connectivity index (χ1) is 8.40. The molecule has 0 atom stereocenters. The van der Waals surface area contributed by atoms with Crippen LogP contribution in [-0.4, -0.2) is 38.8 Å². The molecule has 0 radical (unpaired) electrons. The minimum absolute atomic E-state index is 0.146. The fourth-order valence-corrected chi connectivity index (χ4v) is 1.60. The van der Waals surface area contributed by atoms with Crippen LogP contribution in [-0.2, 0) is 0 Å². The molecule has 7 nitrogen and oxygen atoms in total. The molecular formula is C10H14ClN7. The van der Waals surface area contributed by atoms with E-state index in [4.69, 9.17) is 17.3 Å². The highest BCUT2D eigenvalue weighted by molar-refractivity contribution is 6.31. The molecular weight excluding hydrogens is 254 g/mol. The van der Waals surface area contributed by atoms with Gasteiger partial charge in [-0.05, 0) is 13.8 Å². The van der Waals surface area contributed by atoms with Gasteiger partial charge in [0.25, 0.3) is 5.95 Å². The van der Waals surface area contributed by atoms with Gasteiger partial charge >= 0.3 is 0 Å². The van der Waals surface area contributed by atoms with Crippen LogP contribution in [0, 0.1) is 13.8 Å². The van der Waals surface area contributed by atoms with Gasteiger partial charge in [0, 0.05) is 14.1 Å². The number of hydrogen-bond donors (Lipinski definition) is 1. The maximum Gasteiger partial charge on any atom is 0.257 e. The van der Waals surface area contributed by atoms with E-state index in [1.807, 2.05) is 27.9 Å². The molecule has 2 N–H and O–H groups in total. The molecule has 0 saturated heterocycles. The third-order valence-electron chi connectivity index (χ3n) is 2.42. The Bertz CT molecular complexity index is 590. The van der Waals surface area contributed by atoms with Crippen molar-refractivity contribution in [2.75, 3.05) is 24.7 Å². The molecule has 0 amide bonds. The van der Waals surface area contributed by atoms with Crippen molar-refractivity contribution in [3.8, 4) is 5.95 Å². The summed E-state index contributed by atoms with van der Waals surface area (Å²) in [4.78, 5) is 14.1. The van der Waals surface area contributed by atoms with Gasteiger partial charge in [0.15, 0.2) is 0 Å². The molecule has 0 aliphatic heterocycles. The molecule has 18 heavy (non-hydrogen) atoms. The molecule has 8 heteroatoms. The van der Waals surface area contributed by atoms with Gasteiger partial charge in [0.05, 0.1) is 16.4 Å². The van der Waals surface area contributed by atoms with Crippen molar-refractivity contribution in [1.29, 1.82) is 0 Å². The summed E-state index contributed by atoms with van der Waals surface area (Å²) in [6.45, 7) is 3.67. The number of nitrogen functional groups attached to an aromatic ring is 1. The summed E-state index contributed by atoms with van der Waals surface area (Å²) < 4.78 is 1.56. The van der Waals surface area contributed by atoms with Crippen molar-refractivity contribution in [3.05, 3.63) is 16.4 Å². The van der Waals surface area contributed by atoms with Crippen LogP contribution in [0.15, 0.2) is 0 Å². The lowest BCUT2D eigenvalue weighted by Crippen LogP contribution is -2.17. The number of halogens is 1. The molecule has 0 spiro atoms. The van der Waals surface area contributed by atoms with E-state index in [2.05, 4.69) is 20.1 Å². The normalized spacial score (nSPS) is 10.7. The van der Waals surface area contributed by atoms with Crippen molar-refractivity contribution >= 4 is 23.5 Å². The van der Waals surface area contributed by atoms with Crippen LogP contribution in [0.4, 0.5) is 11.9 Å². The van der Waals surface area contributed by atoms with E-state index in [1.54, 1.807) is 9.58 Å². The van der Waals surface area contributed by atoms with E-state index in [0.717, 1.165) is 11.4 Å². The standard InChI is InChI=1S/C10H14ClN7/c1-5-7(11)6(2)18(16-5)10-14-8(12)13-9(15-10)17(3)4/h1-4H3,(H2,12,13,14,15). The second-order valence-corrected chi connectivity index (χ2v) is 4.46. The molecule has 0 aliphatic carbocycles. The van der Waals surface area contributed by atoms with Crippen LogP contribution in [0.1, 0.15) is 11.4 Å². The Morgan fingerprint density at radius 1 is 1.17 bits per heavy atom. The van der Waals surface area contributed by atoms with E-state index < -0.39 is 0 Å². The van der Waals surface area contributed by atoms with Gasteiger partial charge in [-0.2, -0.15) is 20.1 Å². The topological polar surface area (TPSA) is 85.8 Å². The zero-order chi connectivity index (χ0) is 13.4. The lowest BCUT2D eigenvalue weighted by atomic mass is 10.4. The fourth-order valence-electron chi connectivity index (χ4n) is 1.48. The number of nitrogens with two attached hydrogens (primary N) is 1. The molecule has 0 aromatic carbocycles. The first-order valence-corrected chi connectivity index (χ1v) is 5.69. The summed E-state index contributed by atoms with van der Waals surface area (Å²) in [6.07, 6.45) is 0.